The molecule has 0 aliphatic carbocycles. The van der Waals surface area contributed by atoms with Gasteiger partial charge in [0.05, 0.1) is 4.83 Å². The number of unbranched alkanes of at least 4 members (excludes halogenated alkanes) is 1. The standard InChI is InChI=1S/C10H18Br2N2O4/c11-5-7(12)6-18-10(17)14-8(9(15)16)3-1-2-4-13/h7-8H,1-6,13H2,(H,14,17)(H,15,16). The molecule has 0 bridgehead atoms. The first-order valence-electron chi connectivity index (χ1n) is 5.57. The highest BCUT2D eigenvalue weighted by Gasteiger charge is 2.20. The second-order valence-corrected chi connectivity index (χ2v) is 5.61. The Kier molecular flexibility index (Phi) is 10.4. The first-order valence-corrected chi connectivity index (χ1v) is 7.61. The van der Waals surface area contributed by atoms with Gasteiger partial charge in [0.25, 0.3) is 0 Å². The molecule has 0 rings (SSSR count). The SMILES string of the molecule is NCCCCC(NC(=O)OCC(Br)CBr)C(=O)O. The zero-order valence-electron chi connectivity index (χ0n) is 9.90. The lowest BCUT2D eigenvalue weighted by molar-refractivity contribution is -0.139. The average Bonchev–Trinajstić information content (AvgIpc) is 2.34. The highest BCUT2D eigenvalue weighted by atomic mass is 79.9. The minimum Gasteiger partial charge on any atom is -0.480 e. The molecule has 8 heteroatoms. The van der Waals surface area contributed by atoms with Gasteiger partial charge in [0.2, 0.25) is 0 Å². The fourth-order valence-electron chi connectivity index (χ4n) is 1.14. The zero-order chi connectivity index (χ0) is 14.0. The van der Waals surface area contributed by atoms with Crippen LogP contribution in [0.2, 0.25) is 0 Å². The van der Waals surface area contributed by atoms with Crippen LogP contribution in [0.25, 0.3) is 0 Å². The fraction of sp³-hybridized carbons (Fsp3) is 0.800. The van der Waals surface area contributed by atoms with Crippen molar-refractivity contribution in [2.24, 2.45) is 5.73 Å². The summed E-state index contributed by atoms with van der Waals surface area (Å²) in [5, 5.41) is 11.9. The Hall–Kier alpha value is -0.340. The lowest BCUT2D eigenvalue weighted by Crippen LogP contribution is -2.41. The van der Waals surface area contributed by atoms with Gasteiger partial charge in [-0.25, -0.2) is 9.59 Å². The molecular weight excluding hydrogens is 372 g/mol. The summed E-state index contributed by atoms with van der Waals surface area (Å²) in [4.78, 5) is 22.3. The predicted octanol–water partition coefficient (Wildman–Crippen LogP) is 1.45. The summed E-state index contributed by atoms with van der Waals surface area (Å²) in [5.74, 6) is -1.07. The number of alkyl halides is 2. The molecule has 1 amide bonds. The van der Waals surface area contributed by atoms with Crippen molar-refractivity contribution in [2.45, 2.75) is 30.1 Å². The van der Waals surface area contributed by atoms with Crippen molar-refractivity contribution in [1.29, 1.82) is 0 Å². The van der Waals surface area contributed by atoms with E-state index in [1.165, 1.54) is 0 Å². The smallest absolute Gasteiger partial charge is 0.407 e. The van der Waals surface area contributed by atoms with Gasteiger partial charge in [-0.2, -0.15) is 0 Å². The van der Waals surface area contributed by atoms with Crippen LogP contribution in [-0.4, -0.2) is 46.5 Å². The van der Waals surface area contributed by atoms with E-state index in [9.17, 15) is 9.59 Å². The maximum atomic E-state index is 11.4. The molecule has 106 valence electrons. The molecule has 6 nitrogen and oxygen atoms in total. The van der Waals surface area contributed by atoms with E-state index >= 15 is 0 Å². The van der Waals surface area contributed by atoms with Crippen molar-refractivity contribution < 1.29 is 19.4 Å². The third-order valence-electron chi connectivity index (χ3n) is 2.10. The van der Waals surface area contributed by atoms with Gasteiger partial charge in [0.15, 0.2) is 0 Å². The van der Waals surface area contributed by atoms with Gasteiger partial charge in [-0.05, 0) is 25.8 Å². The summed E-state index contributed by atoms with van der Waals surface area (Å²) in [6, 6.07) is -0.929. The lowest BCUT2D eigenvalue weighted by atomic mass is 10.1. The number of hydrogen-bond acceptors (Lipinski definition) is 4. The maximum Gasteiger partial charge on any atom is 0.407 e. The number of amides is 1. The number of halogens is 2. The fourth-order valence-corrected chi connectivity index (χ4v) is 1.46. The first-order chi connectivity index (χ1) is 8.51. The number of aliphatic carboxylic acids is 1. The van der Waals surface area contributed by atoms with Crippen LogP contribution in [0, 0.1) is 0 Å². The Morgan fingerprint density at radius 3 is 2.56 bits per heavy atom. The highest BCUT2D eigenvalue weighted by molar-refractivity contribution is 9.12. The van der Waals surface area contributed by atoms with Gasteiger partial charge in [-0.1, -0.05) is 31.9 Å². The number of alkyl carbamates (subject to hydrolysis) is 1. The van der Waals surface area contributed by atoms with Crippen molar-refractivity contribution in [3.63, 3.8) is 0 Å². The van der Waals surface area contributed by atoms with Crippen LogP contribution in [-0.2, 0) is 9.53 Å². The van der Waals surface area contributed by atoms with E-state index in [2.05, 4.69) is 37.2 Å². The minimum atomic E-state index is -1.07. The maximum absolute atomic E-state index is 11.4. The molecule has 0 aromatic carbocycles. The third-order valence-corrected chi connectivity index (χ3v) is 4.34. The van der Waals surface area contributed by atoms with Crippen LogP contribution in [0.1, 0.15) is 19.3 Å². The molecule has 2 atom stereocenters. The topological polar surface area (TPSA) is 102 Å². The van der Waals surface area contributed by atoms with Crippen molar-refractivity contribution in [1.82, 2.24) is 5.32 Å². The Morgan fingerprint density at radius 2 is 2.06 bits per heavy atom. The number of nitrogens with one attached hydrogen (secondary N) is 1. The second kappa shape index (κ2) is 10.6. The minimum absolute atomic E-state index is 0.00349. The number of carbonyl (C=O) groups excluding carboxylic acids is 1. The van der Waals surface area contributed by atoms with Crippen molar-refractivity contribution in [3.8, 4) is 0 Å². The van der Waals surface area contributed by atoms with Gasteiger partial charge >= 0.3 is 12.1 Å². The largest absolute Gasteiger partial charge is 0.480 e. The van der Waals surface area contributed by atoms with E-state index in [1.807, 2.05) is 0 Å². The number of hydrogen-bond donors (Lipinski definition) is 3. The van der Waals surface area contributed by atoms with Crippen LogP contribution >= 0.6 is 31.9 Å². The van der Waals surface area contributed by atoms with Gasteiger partial charge < -0.3 is 20.9 Å². The lowest BCUT2D eigenvalue weighted by Gasteiger charge is -2.15. The summed E-state index contributed by atoms with van der Waals surface area (Å²) in [6.07, 6.45) is 1.00. The average molecular weight is 390 g/mol. The van der Waals surface area contributed by atoms with Crippen LogP contribution in [0.5, 0.6) is 0 Å². The van der Waals surface area contributed by atoms with Crippen molar-refractivity contribution >= 4 is 43.9 Å². The molecule has 0 radical (unpaired) electrons. The zero-order valence-corrected chi connectivity index (χ0v) is 13.1. The first kappa shape index (κ1) is 17.7. The van der Waals surface area contributed by atoms with Gasteiger partial charge in [0, 0.05) is 5.33 Å². The van der Waals surface area contributed by atoms with Gasteiger partial charge in [-0.15, -0.1) is 0 Å². The quantitative estimate of drug-likeness (QED) is 0.409. The van der Waals surface area contributed by atoms with Crippen LogP contribution in [0.3, 0.4) is 0 Å². The van der Waals surface area contributed by atoms with Crippen LogP contribution in [0.4, 0.5) is 4.79 Å². The number of carboxylic acid groups (broad SMARTS) is 1. The Balaban J connectivity index is 3.99. The molecule has 0 aromatic heterocycles. The summed E-state index contributed by atoms with van der Waals surface area (Å²) in [7, 11) is 0. The molecule has 18 heavy (non-hydrogen) atoms. The number of nitrogens with two attached hydrogens (primary N) is 1. The third kappa shape index (κ3) is 8.71. The van der Waals surface area contributed by atoms with Crippen molar-refractivity contribution in [3.05, 3.63) is 0 Å². The molecule has 0 heterocycles. The predicted molar refractivity (Wildman–Crippen MR) is 75.3 cm³/mol. The molecule has 0 aliphatic rings. The Labute approximate surface area is 123 Å². The van der Waals surface area contributed by atoms with E-state index in [-0.39, 0.29) is 11.4 Å². The van der Waals surface area contributed by atoms with Gasteiger partial charge in [-0.3, -0.25) is 0 Å². The highest BCUT2D eigenvalue weighted by Crippen LogP contribution is 2.05. The molecule has 0 aromatic rings. The molecule has 0 saturated heterocycles. The summed E-state index contributed by atoms with van der Waals surface area (Å²) >= 11 is 6.49. The molecule has 0 saturated carbocycles. The van der Waals surface area contributed by atoms with E-state index in [1.54, 1.807) is 0 Å². The number of ether oxygens (including phenoxy) is 1. The van der Waals surface area contributed by atoms with E-state index < -0.39 is 18.1 Å². The van der Waals surface area contributed by atoms with Crippen LogP contribution in [0.15, 0.2) is 0 Å². The number of rotatable bonds is 9. The Bertz CT molecular complexity index is 266. The Morgan fingerprint density at radius 1 is 1.39 bits per heavy atom. The summed E-state index contributed by atoms with van der Waals surface area (Å²) < 4.78 is 4.87. The molecule has 0 fully saturated rings. The summed E-state index contributed by atoms with van der Waals surface area (Å²) in [5.41, 5.74) is 5.32. The van der Waals surface area contributed by atoms with Gasteiger partial charge in [0.1, 0.15) is 12.6 Å². The number of carbonyl (C=O) groups is 2. The monoisotopic (exact) mass is 388 g/mol. The molecule has 0 aliphatic heterocycles. The van der Waals surface area contributed by atoms with E-state index in [0.717, 1.165) is 6.42 Å². The van der Waals surface area contributed by atoms with E-state index in [4.69, 9.17) is 15.6 Å². The number of carboxylic acids is 1. The molecule has 0 spiro atoms. The summed E-state index contributed by atoms with van der Waals surface area (Å²) in [6.45, 7) is 0.680. The molecule has 4 N–H and O–H groups in total. The molecule has 2 unspecified atom stereocenters. The van der Waals surface area contributed by atoms with E-state index in [0.29, 0.717) is 24.7 Å². The second-order valence-electron chi connectivity index (χ2n) is 3.67. The molecular formula is C10H18Br2N2O4. The normalized spacial score (nSPS) is 13.7. The van der Waals surface area contributed by atoms with Crippen LogP contribution < -0.4 is 11.1 Å². The van der Waals surface area contributed by atoms with Crippen molar-refractivity contribution in [2.75, 3.05) is 18.5 Å².